The van der Waals surface area contributed by atoms with Gasteiger partial charge in [0.05, 0.1) is 0 Å². The van der Waals surface area contributed by atoms with Crippen molar-refractivity contribution in [2.24, 2.45) is 0 Å². The Morgan fingerprint density at radius 1 is 0.370 bits per heavy atom. The van der Waals surface area contributed by atoms with Crippen molar-refractivity contribution in [2.75, 3.05) is 0 Å². The lowest BCUT2D eigenvalue weighted by molar-refractivity contribution is 0.359. The van der Waals surface area contributed by atoms with Gasteiger partial charge in [0.15, 0.2) is 23.0 Å². The lowest BCUT2D eigenvalue weighted by atomic mass is 10.2. The van der Waals surface area contributed by atoms with Crippen LogP contribution in [-0.2, 0) is 0 Å². The molecule has 5 aromatic rings. The van der Waals surface area contributed by atoms with E-state index in [1.807, 2.05) is 84.9 Å². The molecule has 27 heavy (non-hydrogen) atoms. The zero-order valence-electron chi connectivity index (χ0n) is 14.5. The van der Waals surface area contributed by atoms with E-state index in [1.54, 1.807) is 0 Å². The fourth-order valence-electron chi connectivity index (χ4n) is 3.15. The predicted molar refractivity (Wildman–Crippen MR) is 107 cm³/mol. The molecule has 0 amide bonds. The van der Waals surface area contributed by atoms with Crippen LogP contribution in [0.2, 0.25) is 0 Å². The van der Waals surface area contributed by atoms with Gasteiger partial charge < -0.3 is 13.9 Å². The van der Waals surface area contributed by atoms with E-state index >= 15 is 0 Å². The Hall–Kier alpha value is -3.72. The van der Waals surface area contributed by atoms with Crippen LogP contribution >= 0.6 is 0 Å². The topological polar surface area (TPSA) is 31.6 Å². The van der Waals surface area contributed by atoms with Gasteiger partial charge in [-0.05, 0) is 36.4 Å². The molecule has 2 heterocycles. The molecule has 4 aromatic carbocycles. The summed E-state index contributed by atoms with van der Waals surface area (Å²) in [5.41, 5.74) is 1.92. The van der Waals surface area contributed by atoms with Crippen molar-refractivity contribution in [3.05, 3.63) is 97.1 Å². The van der Waals surface area contributed by atoms with Gasteiger partial charge in [0.1, 0.15) is 11.2 Å². The first-order valence-corrected chi connectivity index (χ1v) is 8.78. The molecule has 3 nitrogen and oxygen atoms in total. The van der Waals surface area contributed by atoms with Crippen LogP contribution in [0.5, 0.6) is 23.0 Å². The van der Waals surface area contributed by atoms with Gasteiger partial charge in [0.25, 0.3) is 0 Å². The highest BCUT2D eigenvalue weighted by Crippen LogP contribution is 2.44. The predicted octanol–water partition coefficient (Wildman–Crippen LogP) is 7.17. The number of furan rings is 1. The third kappa shape index (κ3) is 2.89. The third-order valence-corrected chi connectivity index (χ3v) is 4.42. The average Bonchev–Trinajstić information content (AvgIpc) is 3.11. The summed E-state index contributed by atoms with van der Waals surface area (Å²) >= 11 is 0. The average molecular weight is 352 g/mol. The highest BCUT2D eigenvalue weighted by Gasteiger charge is 2.16. The maximum absolute atomic E-state index is 5.65. The minimum atomic E-state index is 0.770. The van der Waals surface area contributed by atoms with Crippen LogP contribution in [0, 0.1) is 0 Å². The fraction of sp³-hybridized carbons (Fsp3) is 0. The first-order valence-electron chi connectivity index (χ1n) is 8.78. The van der Waals surface area contributed by atoms with Gasteiger partial charge in [-0.2, -0.15) is 0 Å². The highest BCUT2D eigenvalue weighted by atomic mass is 16.6. The molecule has 0 bridgehead atoms. The van der Waals surface area contributed by atoms with E-state index in [4.69, 9.17) is 13.9 Å². The van der Waals surface area contributed by atoms with Crippen LogP contribution in [0.1, 0.15) is 0 Å². The Morgan fingerprint density at radius 2 is 0.704 bits per heavy atom. The molecular formula is C24H16O3. The highest BCUT2D eigenvalue weighted by molar-refractivity contribution is 6.04. The maximum Gasteiger partial charge on any atom is 0.170 e. The van der Waals surface area contributed by atoms with Crippen molar-refractivity contribution in [2.45, 2.75) is 0 Å². The molecule has 0 radical (unpaired) electrons. The van der Waals surface area contributed by atoms with E-state index in [1.165, 1.54) is 10.8 Å². The Labute approximate surface area is 156 Å². The SMILES string of the molecule is c1ccc2c(c1)Oc1ccccc1O2.c1ccc2c(c1)oc1ccccc12. The zero-order chi connectivity index (χ0) is 18.1. The van der Waals surface area contributed by atoms with Crippen LogP contribution in [0.3, 0.4) is 0 Å². The summed E-state index contributed by atoms with van der Waals surface area (Å²) in [6.07, 6.45) is 0. The summed E-state index contributed by atoms with van der Waals surface area (Å²) in [7, 11) is 0. The van der Waals surface area contributed by atoms with Gasteiger partial charge >= 0.3 is 0 Å². The second-order valence-corrected chi connectivity index (χ2v) is 6.19. The fourth-order valence-corrected chi connectivity index (χ4v) is 3.15. The van der Waals surface area contributed by atoms with E-state index in [-0.39, 0.29) is 0 Å². The van der Waals surface area contributed by atoms with E-state index in [2.05, 4.69) is 12.1 Å². The minimum absolute atomic E-state index is 0.770. The number of para-hydroxylation sites is 6. The van der Waals surface area contributed by atoms with Crippen LogP contribution in [-0.4, -0.2) is 0 Å². The third-order valence-electron chi connectivity index (χ3n) is 4.42. The van der Waals surface area contributed by atoms with Crippen LogP contribution in [0.4, 0.5) is 0 Å². The van der Waals surface area contributed by atoms with Crippen molar-refractivity contribution >= 4 is 21.9 Å². The standard InChI is InChI=1S/C12H8O2.C12H8O/c1-2-6-10-9(5-1)13-11-7-3-4-8-12(11)14-10;1-3-7-11-9(5-1)10-6-2-4-8-12(10)13-11/h1-8H;1-8H. The monoisotopic (exact) mass is 352 g/mol. The summed E-state index contributed by atoms with van der Waals surface area (Å²) < 4.78 is 17.0. The first-order chi connectivity index (χ1) is 13.4. The second kappa shape index (κ2) is 6.54. The summed E-state index contributed by atoms with van der Waals surface area (Å²) in [5.74, 6) is 3.08. The van der Waals surface area contributed by atoms with Gasteiger partial charge in [-0.1, -0.05) is 60.7 Å². The normalized spacial score (nSPS) is 11.6. The van der Waals surface area contributed by atoms with E-state index in [0.29, 0.717) is 0 Å². The van der Waals surface area contributed by atoms with Gasteiger partial charge in [0, 0.05) is 10.8 Å². The summed E-state index contributed by atoms with van der Waals surface area (Å²) in [4.78, 5) is 0. The Morgan fingerprint density at radius 3 is 1.11 bits per heavy atom. The summed E-state index contributed by atoms with van der Waals surface area (Å²) in [5, 5.41) is 2.39. The van der Waals surface area contributed by atoms with Crippen molar-refractivity contribution in [1.82, 2.24) is 0 Å². The molecule has 0 atom stereocenters. The van der Waals surface area contributed by atoms with E-state index in [0.717, 1.165) is 34.2 Å². The molecular weight excluding hydrogens is 336 g/mol. The zero-order valence-corrected chi connectivity index (χ0v) is 14.5. The molecule has 0 unspecified atom stereocenters. The smallest absolute Gasteiger partial charge is 0.170 e. The molecule has 6 rings (SSSR count). The molecule has 0 aliphatic carbocycles. The van der Waals surface area contributed by atoms with E-state index in [9.17, 15) is 0 Å². The molecule has 0 saturated carbocycles. The maximum atomic E-state index is 5.65. The molecule has 3 heteroatoms. The molecule has 1 aliphatic rings. The molecule has 130 valence electrons. The number of ether oxygens (including phenoxy) is 2. The summed E-state index contributed by atoms with van der Waals surface area (Å²) in [6.45, 7) is 0. The molecule has 1 aliphatic heterocycles. The van der Waals surface area contributed by atoms with Gasteiger partial charge in [-0.15, -0.1) is 0 Å². The number of hydrogen-bond donors (Lipinski definition) is 0. The van der Waals surface area contributed by atoms with Crippen LogP contribution in [0.25, 0.3) is 21.9 Å². The molecule has 0 spiro atoms. The van der Waals surface area contributed by atoms with Gasteiger partial charge in [-0.3, -0.25) is 0 Å². The molecule has 0 N–H and O–H groups in total. The number of hydrogen-bond acceptors (Lipinski definition) is 3. The lowest BCUT2D eigenvalue weighted by Gasteiger charge is -2.19. The van der Waals surface area contributed by atoms with Crippen molar-refractivity contribution in [1.29, 1.82) is 0 Å². The van der Waals surface area contributed by atoms with Crippen LogP contribution in [0.15, 0.2) is 101 Å². The Kier molecular flexibility index (Phi) is 3.76. The second-order valence-electron chi connectivity index (χ2n) is 6.19. The quantitative estimate of drug-likeness (QED) is 0.290. The van der Waals surface area contributed by atoms with Crippen LogP contribution < -0.4 is 9.47 Å². The molecule has 1 aromatic heterocycles. The van der Waals surface area contributed by atoms with Gasteiger partial charge in [-0.25, -0.2) is 0 Å². The Balaban J connectivity index is 0.000000119. The number of benzene rings is 4. The van der Waals surface area contributed by atoms with Gasteiger partial charge in [0.2, 0.25) is 0 Å². The van der Waals surface area contributed by atoms with E-state index < -0.39 is 0 Å². The first kappa shape index (κ1) is 15.5. The summed E-state index contributed by atoms with van der Waals surface area (Å²) in [6, 6.07) is 31.5. The van der Waals surface area contributed by atoms with Crippen molar-refractivity contribution in [3.63, 3.8) is 0 Å². The van der Waals surface area contributed by atoms with Crippen molar-refractivity contribution in [3.8, 4) is 23.0 Å². The Bertz CT molecular complexity index is 1100. The van der Waals surface area contributed by atoms with Crippen molar-refractivity contribution < 1.29 is 13.9 Å². The number of fused-ring (bicyclic) bond motifs is 5. The lowest BCUT2D eigenvalue weighted by Crippen LogP contribution is -1.97. The minimum Gasteiger partial charge on any atom is -0.456 e. The molecule has 0 saturated heterocycles. The molecule has 0 fully saturated rings. The largest absolute Gasteiger partial charge is 0.456 e. The number of rotatable bonds is 0.